The Labute approximate surface area is 665 Å². The molecule has 2 heterocycles. The van der Waals surface area contributed by atoms with E-state index in [9.17, 15) is 43.4 Å². The molecule has 0 aliphatic carbocycles. The third kappa shape index (κ3) is 55.9. The second-order valence-corrected chi connectivity index (χ2v) is 33.8. The van der Waals surface area contributed by atoms with E-state index in [-0.39, 0.29) is 44.2 Å². The molecule has 0 spiro atoms. The molecule has 0 aromatic rings. The van der Waals surface area contributed by atoms with Gasteiger partial charge in [0.2, 0.25) is 11.8 Å². The van der Waals surface area contributed by atoms with E-state index in [1.54, 1.807) is 4.90 Å². The second kappa shape index (κ2) is 70.2. The van der Waals surface area contributed by atoms with E-state index in [1.165, 1.54) is 167 Å². The van der Waals surface area contributed by atoms with Crippen molar-refractivity contribution >= 4 is 43.5 Å². The standard InChI is InChI=1S/C89H167N2O17P/c1-7-13-19-25-31-37-43-49-55-63-76(103-82(95)66-58-52-46-40-34-28-22-16-10-4)70-80(93)90-86-88(107-85(98)72-78(65-57-51-45-39-33-27-21-15-9-3)105-84(97)68-60-54-48-42-36-30-24-18-12-6)87(108-109(99,100)101)79(73-92)106-89(86)102-74-75-62-61-69-91(75)81(94)71-77(64-56-50-44-38-32-26-20-14-8-2)104-83(96)67-59-53-47-41-35-29-23-17-11-5/h75-79,86-89,92H,7-74H2,1-6H3,(H,90,93)(H2,99,100,101)/t75?,76-,77-,78-,79-,86-,87-,88-,89?/m1/s1. The van der Waals surface area contributed by atoms with E-state index in [0.29, 0.717) is 70.8 Å². The zero-order chi connectivity index (χ0) is 79.5. The number of hydrogen-bond donors (Lipinski definition) is 4. The minimum atomic E-state index is -5.48. The Balaban J connectivity index is 2.62. The molecule has 9 atom stereocenters. The number of aliphatic hydroxyl groups excluding tert-OH is 1. The van der Waals surface area contributed by atoms with Crippen molar-refractivity contribution in [3.63, 3.8) is 0 Å². The van der Waals surface area contributed by atoms with Crippen LogP contribution in [-0.2, 0) is 66.3 Å². The molecular formula is C89H167N2O17P. The number of rotatable bonds is 77. The highest BCUT2D eigenvalue weighted by Gasteiger charge is 2.53. The molecule has 640 valence electrons. The van der Waals surface area contributed by atoms with Gasteiger partial charge in [0.1, 0.15) is 36.6 Å². The number of phosphoric ester groups is 1. The maximum Gasteiger partial charge on any atom is 0.470 e. The number of carbonyl (C=O) groups excluding carboxylic acids is 6. The quantitative estimate of drug-likeness (QED) is 0.0191. The van der Waals surface area contributed by atoms with E-state index in [1.807, 2.05) is 0 Å². The lowest BCUT2D eigenvalue weighted by Crippen LogP contribution is -2.66. The molecule has 4 N–H and O–H groups in total. The van der Waals surface area contributed by atoms with Gasteiger partial charge in [-0.2, -0.15) is 0 Å². The van der Waals surface area contributed by atoms with E-state index in [2.05, 4.69) is 46.9 Å². The van der Waals surface area contributed by atoms with Gasteiger partial charge in [-0.1, -0.05) is 350 Å². The summed E-state index contributed by atoms with van der Waals surface area (Å²) >= 11 is 0. The smallest absolute Gasteiger partial charge is 0.462 e. The summed E-state index contributed by atoms with van der Waals surface area (Å²) in [5.41, 5.74) is 0. The number of esters is 4. The number of likely N-dealkylation sites (tertiary alicyclic amines) is 1. The van der Waals surface area contributed by atoms with Gasteiger partial charge in [0, 0.05) is 25.8 Å². The van der Waals surface area contributed by atoms with E-state index >= 15 is 4.79 Å². The van der Waals surface area contributed by atoms with Crippen molar-refractivity contribution in [1.29, 1.82) is 0 Å². The lowest BCUT2D eigenvalue weighted by molar-refractivity contribution is -0.273. The van der Waals surface area contributed by atoms with Crippen LogP contribution in [0.1, 0.15) is 459 Å². The predicted octanol–water partition coefficient (Wildman–Crippen LogP) is 23.0. The van der Waals surface area contributed by atoms with E-state index < -0.39 is 99.7 Å². The fourth-order valence-corrected chi connectivity index (χ4v) is 16.2. The first-order chi connectivity index (χ1) is 53.0. The number of ether oxygens (including phenoxy) is 6. The van der Waals surface area contributed by atoms with Gasteiger partial charge in [-0.15, -0.1) is 0 Å². The first kappa shape index (κ1) is 102. The van der Waals surface area contributed by atoms with Crippen molar-refractivity contribution in [3.05, 3.63) is 0 Å². The number of unbranched alkanes of at least 4 members (excludes halogenated alkanes) is 48. The summed E-state index contributed by atoms with van der Waals surface area (Å²) in [5.74, 6) is -2.91. The van der Waals surface area contributed by atoms with Crippen LogP contribution in [0.5, 0.6) is 0 Å². The fourth-order valence-electron chi connectivity index (χ4n) is 15.6. The first-order valence-corrected chi connectivity index (χ1v) is 47.5. The highest BCUT2D eigenvalue weighted by molar-refractivity contribution is 7.46. The summed E-state index contributed by atoms with van der Waals surface area (Å²) in [5, 5.41) is 14.1. The lowest BCUT2D eigenvalue weighted by atomic mass is 9.95. The molecular weight excluding hydrogens is 1400 g/mol. The summed E-state index contributed by atoms with van der Waals surface area (Å²) in [6.07, 6.45) is 51.6. The topological polar surface area (TPSA) is 260 Å². The largest absolute Gasteiger partial charge is 0.470 e. The van der Waals surface area contributed by atoms with Crippen LogP contribution in [0.4, 0.5) is 0 Å². The number of carbonyl (C=O) groups is 6. The Kier molecular flexibility index (Phi) is 65.7. The summed E-state index contributed by atoms with van der Waals surface area (Å²) in [6.45, 7) is 12.6. The fraction of sp³-hybridized carbons (Fsp3) is 0.933. The lowest BCUT2D eigenvalue weighted by Gasteiger charge is -2.45. The molecule has 0 radical (unpaired) electrons. The molecule has 0 aromatic heterocycles. The Bertz CT molecular complexity index is 2260. The minimum absolute atomic E-state index is 0.0136. The Morgan fingerprint density at radius 2 is 0.725 bits per heavy atom. The third-order valence-corrected chi connectivity index (χ3v) is 22.8. The van der Waals surface area contributed by atoms with Gasteiger partial charge in [-0.3, -0.25) is 33.3 Å². The third-order valence-electron chi connectivity index (χ3n) is 22.3. The molecule has 2 fully saturated rings. The van der Waals surface area contributed by atoms with Crippen molar-refractivity contribution in [2.45, 2.75) is 514 Å². The maximum absolute atomic E-state index is 15.0. The first-order valence-electron chi connectivity index (χ1n) is 46.0. The molecule has 0 saturated carbocycles. The Morgan fingerprint density at radius 1 is 0.413 bits per heavy atom. The van der Waals surface area contributed by atoms with Gasteiger partial charge in [0.15, 0.2) is 12.4 Å². The maximum atomic E-state index is 15.0. The summed E-state index contributed by atoms with van der Waals surface area (Å²) in [4.78, 5) is 109. The normalized spacial score (nSPS) is 18.2. The summed E-state index contributed by atoms with van der Waals surface area (Å²) < 4.78 is 56.5. The van der Waals surface area contributed by atoms with Crippen LogP contribution < -0.4 is 5.32 Å². The predicted molar refractivity (Wildman–Crippen MR) is 440 cm³/mol. The highest BCUT2D eigenvalue weighted by atomic mass is 31.2. The molecule has 2 amide bonds. The van der Waals surface area contributed by atoms with E-state index in [4.69, 9.17) is 32.9 Å². The molecule has 2 unspecified atom stereocenters. The molecule has 0 bridgehead atoms. The van der Waals surface area contributed by atoms with Crippen molar-refractivity contribution in [2.75, 3.05) is 19.8 Å². The Morgan fingerprint density at radius 3 is 1.06 bits per heavy atom. The molecule has 2 aliphatic rings. The summed E-state index contributed by atoms with van der Waals surface area (Å²) in [7, 11) is -5.48. The van der Waals surface area contributed by atoms with Crippen molar-refractivity contribution in [2.24, 2.45) is 0 Å². The molecule has 0 aromatic carbocycles. The average molecular weight is 1570 g/mol. The number of hydrogen-bond acceptors (Lipinski definition) is 15. The molecule has 2 aliphatic heterocycles. The summed E-state index contributed by atoms with van der Waals surface area (Å²) in [6, 6.07) is -2.10. The molecule has 109 heavy (non-hydrogen) atoms. The SMILES string of the molecule is CCCCCCCCCCCC(=O)O[C@H](CCCCCCCCCCC)CC(=O)N[C@H]1C(OCC2CCCN2C(=O)C[C@@H](CCCCCCCCCCC)OC(=O)CCCCCCCCCCC)O[C@H](CO)[C@@H](OP(=O)(O)O)[C@@H]1OC(=O)C[C@@H](CCCCCCCCCCC)OC(=O)CCCCCCCCCCC. The average Bonchev–Trinajstić information content (AvgIpc) is 0.793. The van der Waals surface area contributed by atoms with Crippen LogP contribution in [0.15, 0.2) is 0 Å². The number of phosphoric acid groups is 1. The van der Waals surface area contributed by atoms with E-state index in [0.717, 1.165) is 154 Å². The number of amides is 2. The van der Waals surface area contributed by atoms with Crippen LogP contribution in [0.25, 0.3) is 0 Å². The van der Waals surface area contributed by atoms with Gasteiger partial charge in [0.25, 0.3) is 0 Å². The van der Waals surface area contributed by atoms with Gasteiger partial charge in [-0.25, -0.2) is 4.57 Å². The monoisotopic (exact) mass is 1570 g/mol. The molecule has 20 heteroatoms. The van der Waals surface area contributed by atoms with Crippen LogP contribution in [0, 0.1) is 0 Å². The Hall–Kier alpha value is -3.19. The van der Waals surface area contributed by atoms with Gasteiger partial charge in [-0.05, 0) is 70.6 Å². The number of nitrogens with zero attached hydrogens (tertiary/aromatic N) is 1. The van der Waals surface area contributed by atoms with Crippen LogP contribution >= 0.6 is 7.82 Å². The zero-order valence-corrected chi connectivity index (χ0v) is 71.6. The minimum Gasteiger partial charge on any atom is -0.462 e. The molecule has 2 rings (SSSR count). The van der Waals surface area contributed by atoms with Crippen LogP contribution in [0.2, 0.25) is 0 Å². The van der Waals surface area contributed by atoms with Gasteiger partial charge in [0.05, 0.1) is 38.5 Å². The van der Waals surface area contributed by atoms with Crippen LogP contribution in [0.3, 0.4) is 0 Å². The van der Waals surface area contributed by atoms with Crippen LogP contribution in [-0.4, -0.2) is 130 Å². The second-order valence-electron chi connectivity index (χ2n) is 32.6. The zero-order valence-electron chi connectivity index (χ0n) is 70.7. The van der Waals surface area contributed by atoms with Crippen molar-refractivity contribution in [1.82, 2.24) is 10.2 Å². The van der Waals surface area contributed by atoms with Crippen molar-refractivity contribution < 1.29 is 81.2 Å². The number of aliphatic hydroxyl groups is 1. The van der Waals surface area contributed by atoms with Crippen molar-refractivity contribution in [3.8, 4) is 0 Å². The molecule has 2 saturated heterocycles. The highest BCUT2D eigenvalue weighted by Crippen LogP contribution is 2.43. The number of nitrogens with one attached hydrogen (secondary N) is 1. The molecule has 19 nitrogen and oxygen atoms in total. The van der Waals surface area contributed by atoms with Gasteiger partial charge < -0.3 is 53.5 Å². The van der Waals surface area contributed by atoms with Gasteiger partial charge >= 0.3 is 31.7 Å².